The van der Waals surface area contributed by atoms with Gasteiger partial charge >= 0.3 is 5.97 Å². The number of carbonyl (C=O) groups is 1. The van der Waals surface area contributed by atoms with Crippen LogP contribution in [0.15, 0.2) is 30.3 Å². The molecule has 0 amide bonds. The first kappa shape index (κ1) is 13.9. The maximum absolute atomic E-state index is 11.2. The molecule has 1 aromatic carbocycles. The van der Waals surface area contributed by atoms with Crippen LogP contribution in [0.2, 0.25) is 0 Å². The molecule has 0 aliphatic rings. The average molecular weight is 256 g/mol. The van der Waals surface area contributed by atoms with Crippen LogP contribution in [0.3, 0.4) is 0 Å². The highest BCUT2D eigenvalue weighted by Gasteiger charge is 2.05. The molecule has 1 N–H and O–H groups in total. The van der Waals surface area contributed by atoms with Gasteiger partial charge in [0.2, 0.25) is 0 Å². The molecule has 0 aliphatic carbocycles. The minimum atomic E-state index is -1.28. The molecule has 0 aromatic heterocycles. The summed E-state index contributed by atoms with van der Waals surface area (Å²) in [4.78, 5) is 10.3. The summed E-state index contributed by atoms with van der Waals surface area (Å²) in [6.07, 6.45) is 0.618. The van der Waals surface area contributed by atoms with Crippen LogP contribution >= 0.6 is 0 Å². The summed E-state index contributed by atoms with van der Waals surface area (Å²) in [6, 6.07) is 9.78. The third-order valence-corrected chi connectivity index (χ3v) is 3.37. The van der Waals surface area contributed by atoms with E-state index in [1.807, 2.05) is 30.3 Å². The molecule has 0 fully saturated rings. The number of aliphatic carboxylic acids is 1. The van der Waals surface area contributed by atoms with Gasteiger partial charge in [-0.15, -0.1) is 0 Å². The molecule has 5 heteroatoms. The largest absolute Gasteiger partial charge is 0.481 e. The normalized spacial score (nSPS) is 12.2. The number of hydrogen-bond donors (Lipinski definition) is 1. The van der Waals surface area contributed by atoms with Crippen molar-refractivity contribution in [3.05, 3.63) is 35.9 Å². The number of ether oxygens (including phenoxy) is 1. The SMILES string of the molecule is O=C(O)CS(=O)CCCOCc1ccccc1. The lowest BCUT2D eigenvalue weighted by atomic mass is 10.2. The summed E-state index contributed by atoms with van der Waals surface area (Å²) in [5.41, 5.74) is 1.10. The molecule has 0 spiro atoms. The van der Waals surface area contributed by atoms with Gasteiger partial charge < -0.3 is 9.84 Å². The molecule has 4 nitrogen and oxygen atoms in total. The Morgan fingerprint density at radius 3 is 2.65 bits per heavy atom. The van der Waals surface area contributed by atoms with Gasteiger partial charge in [-0.2, -0.15) is 0 Å². The van der Waals surface area contributed by atoms with E-state index in [1.54, 1.807) is 0 Å². The minimum Gasteiger partial charge on any atom is -0.481 e. The molecule has 1 unspecified atom stereocenters. The van der Waals surface area contributed by atoms with E-state index in [1.165, 1.54) is 0 Å². The molecule has 0 heterocycles. The Morgan fingerprint density at radius 1 is 1.29 bits per heavy atom. The second kappa shape index (κ2) is 7.97. The lowest BCUT2D eigenvalue weighted by Crippen LogP contribution is -2.13. The van der Waals surface area contributed by atoms with Crippen LogP contribution < -0.4 is 0 Å². The molecule has 0 radical (unpaired) electrons. The molecular weight excluding hydrogens is 240 g/mol. The van der Waals surface area contributed by atoms with Crippen LogP contribution in [0, 0.1) is 0 Å². The quantitative estimate of drug-likeness (QED) is 0.715. The lowest BCUT2D eigenvalue weighted by Gasteiger charge is -2.03. The predicted octanol–water partition coefficient (Wildman–Crippen LogP) is 1.43. The zero-order valence-electron chi connectivity index (χ0n) is 9.50. The number of carboxylic acid groups (broad SMARTS) is 1. The van der Waals surface area contributed by atoms with Gasteiger partial charge in [-0.25, -0.2) is 0 Å². The van der Waals surface area contributed by atoms with Crippen molar-refractivity contribution in [3.8, 4) is 0 Å². The van der Waals surface area contributed by atoms with E-state index in [0.29, 0.717) is 25.4 Å². The van der Waals surface area contributed by atoms with Gasteiger partial charge in [0.25, 0.3) is 0 Å². The maximum Gasteiger partial charge on any atom is 0.316 e. The Bertz CT molecular complexity index is 364. The fourth-order valence-corrected chi connectivity index (χ4v) is 2.16. The standard InChI is InChI=1S/C12H16O4S/c13-12(14)10-17(15)8-4-7-16-9-11-5-2-1-3-6-11/h1-3,5-6H,4,7-10H2,(H,13,14). The number of benzene rings is 1. The van der Waals surface area contributed by atoms with Crippen molar-refractivity contribution in [2.75, 3.05) is 18.1 Å². The molecule has 94 valence electrons. The highest BCUT2D eigenvalue weighted by atomic mass is 32.2. The Balaban J connectivity index is 2.05. The van der Waals surface area contributed by atoms with Crippen LogP contribution in [-0.2, 0) is 26.9 Å². The average Bonchev–Trinajstić information content (AvgIpc) is 2.29. The first-order valence-electron chi connectivity index (χ1n) is 5.37. The number of hydrogen-bond acceptors (Lipinski definition) is 3. The summed E-state index contributed by atoms with van der Waals surface area (Å²) in [7, 11) is -1.28. The molecule has 0 bridgehead atoms. The highest BCUT2D eigenvalue weighted by molar-refractivity contribution is 7.85. The zero-order valence-corrected chi connectivity index (χ0v) is 10.3. The van der Waals surface area contributed by atoms with Gasteiger partial charge in [0.15, 0.2) is 0 Å². The Labute approximate surface area is 103 Å². The van der Waals surface area contributed by atoms with Crippen molar-refractivity contribution in [3.63, 3.8) is 0 Å². The van der Waals surface area contributed by atoms with Gasteiger partial charge in [-0.3, -0.25) is 9.00 Å². The molecule has 0 aliphatic heterocycles. The van der Waals surface area contributed by atoms with Crippen LogP contribution in [0.5, 0.6) is 0 Å². The Kier molecular flexibility index (Phi) is 6.50. The molecule has 0 saturated heterocycles. The van der Waals surface area contributed by atoms with Crippen molar-refractivity contribution in [1.82, 2.24) is 0 Å². The fourth-order valence-electron chi connectivity index (χ4n) is 1.30. The summed E-state index contributed by atoms with van der Waals surface area (Å²) >= 11 is 0. The second-order valence-electron chi connectivity index (χ2n) is 3.57. The smallest absolute Gasteiger partial charge is 0.316 e. The van der Waals surface area contributed by atoms with Crippen LogP contribution in [0.25, 0.3) is 0 Å². The molecular formula is C12H16O4S. The van der Waals surface area contributed by atoms with Crippen molar-refractivity contribution in [1.29, 1.82) is 0 Å². The van der Waals surface area contributed by atoms with Crippen LogP contribution in [0.1, 0.15) is 12.0 Å². The first-order chi connectivity index (χ1) is 8.18. The van der Waals surface area contributed by atoms with E-state index in [2.05, 4.69) is 0 Å². The van der Waals surface area contributed by atoms with Gasteiger partial charge in [-0.1, -0.05) is 30.3 Å². The molecule has 17 heavy (non-hydrogen) atoms. The van der Waals surface area contributed by atoms with E-state index < -0.39 is 16.8 Å². The van der Waals surface area contributed by atoms with Crippen molar-refractivity contribution < 1.29 is 18.8 Å². The van der Waals surface area contributed by atoms with E-state index in [4.69, 9.17) is 9.84 Å². The number of rotatable bonds is 8. The zero-order chi connectivity index (χ0) is 12.5. The van der Waals surface area contributed by atoms with Crippen molar-refractivity contribution >= 4 is 16.8 Å². The lowest BCUT2D eigenvalue weighted by molar-refractivity contribution is -0.133. The third-order valence-electron chi connectivity index (χ3n) is 2.06. The summed E-state index contributed by atoms with van der Waals surface area (Å²) in [5, 5.41) is 8.41. The van der Waals surface area contributed by atoms with E-state index in [9.17, 15) is 9.00 Å². The summed E-state index contributed by atoms with van der Waals surface area (Å²) in [5.74, 6) is -0.923. The fraction of sp³-hybridized carbons (Fsp3) is 0.417. The Morgan fingerprint density at radius 2 is 2.00 bits per heavy atom. The molecule has 1 atom stereocenters. The van der Waals surface area contributed by atoms with Gasteiger partial charge in [0.1, 0.15) is 5.75 Å². The van der Waals surface area contributed by atoms with E-state index in [0.717, 1.165) is 5.56 Å². The van der Waals surface area contributed by atoms with Crippen LogP contribution in [0.4, 0.5) is 0 Å². The predicted molar refractivity (Wildman–Crippen MR) is 66.2 cm³/mol. The number of carboxylic acids is 1. The summed E-state index contributed by atoms with van der Waals surface area (Å²) < 4.78 is 16.6. The maximum atomic E-state index is 11.2. The van der Waals surface area contributed by atoms with Gasteiger partial charge in [-0.05, 0) is 12.0 Å². The third kappa shape index (κ3) is 6.86. The second-order valence-corrected chi connectivity index (χ2v) is 5.15. The van der Waals surface area contributed by atoms with E-state index in [-0.39, 0.29) is 5.75 Å². The highest BCUT2D eigenvalue weighted by Crippen LogP contribution is 2.01. The summed E-state index contributed by atoms with van der Waals surface area (Å²) in [6.45, 7) is 1.03. The molecule has 1 rings (SSSR count). The van der Waals surface area contributed by atoms with Crippen LogP contribution in [-0.4, -0.2) is 33.4 Å². The minimum absolute atomic E-state index is 0.279. The van der Waals surface area contributed by atoms with Gasteiger partial charge in [0.05, 0.1) is 6.61 Å². The monoisotopic (exact) mass is 256 g/mol. The van der Waals surface area contributed by atoms with E-state index >= 15 is 0 Å². The topological polar surface area (TPSA) is 63.6 Å². The molecule has 0 saturated carbocycles. The van der Waals surface area contributed by atoms with Crippen molar-refractivity contribution in [2.24, 2.45) is 0 Å². The van der Waals surface area contributed by atoms with Crippen molar-refractivity contribution in [2.45, 2.75) is 13.0 Å². The Hall–Kier alpha value is -1.20. The molecule has 1 aromatic rings. The first-order valence-corrected chi connectivity index (χ1v) is 6.85. The van der Waals surface area contributed by atoms with Gasteiger partial charge in [0, 0.05) is 23.2 Å².